The van der Waals surface area contributed by atoms with E-state index in [0.717, 1.165) is 5.56 Å². The summed E-state index contributed by atoms with van der Waals surface area (Å²) in [6.07, 6.45) is 6.66. The lowest BCUT2D eigenvalue weighted by Crippen LogP contribution is -2.00. The first-order valence-electron chi connectivity index (χ1n) is 4.97. The van der Waals surface area contributed by atoms with Crippen molar-refractivity contribution in [2.75, 3.05) is 5.73 Å². The van der Waals surface area contributed by atoms with E-state index >= 15 is 0 Å². The third kappa shape index (κ3) is 1.56. The maximum absolute atomic E-state index is 8.97. The van der Waals surface area contributed by atoms with Crippen molar-refractivity contribution in [3.63, 3.8) is 0 Å². The van der Waals surface area contributed by atoms with Crippen LogP contribution in [0, 0.1) is 11.3 Å². The molecule has 1 aromatic heterocycles. The van der Waals surface area contributed by atoms with E-state index in [1.807, 2.05) is 0 Å². The minimum Gasteiger partial charge on any atom is -0.384 e. The van der Waals surface area contributed by atoms with Crippen molar-refractivity contribution in [1.29, 1.82) is 5.26 Å². The fourth-order valence-electron chi connectivity index (χ4n) is 2.14. The van der Waals surface area contributed by atoms with Crippen LogP contribution in [0.25, 0.3) is 0 Å². The van der Waals surface area contributed by atoms with Crippen LogP contribution in [0.3, 0.4) is 0 Å². The first-order chi connectivity index (χ1) is 6.81. The number of nitrogens with two attached hydrogens (primary N) is 1. The third-order valence-electron chi connectivity index (χ3n) is 2.87. The molecule has 1 fully saturated rings. The summed E-state index contributed by atoms with van der Waals surface area (Å²) in [7, 11) is 0. The quantitative estimate of drug-likeness (QED) is 0.733. The number of hydrogen-bond donors (Lipinski definition) is 1. The zero-order chi connectivity index (χ0) is 9.97. The molecule has 0 saturated heterocycles. The summed E-state index contributed by atoms with van der Waals surface area (Å²) in [5.74, 6) is 0.959. The molecule has 1 aromatic rings. The number of hydrogen-bond acceptors (Lipinski definition) is 3. The number of nitrogen functional groups attached to an aromatic ring is 1. The van der Waals surface area contributed by atoms with E-state index in [9.17, 15) is 0 Å². The normalized spacial score (nSPS) is 16.8. The van der Waals surface area contributed by atoms with E-state index < -0.39 is 0 Å². The molecule has 2 rings (SSSR count). The molecule has 1 saturated carbocycles. The van der Waals surface area contributed by atoms with Crippen LogP contribution in [0.2, 0.25) is 0 Å². The van der Waals surface area contributed by atoms with Gasteiger partial charge in [0, 0.05) is 6.20 Å². The average molecular weight is 187 g/mol. The van der Waals surface area contributed by atoms with Gasteiger partial charge in [-0.15, -0.1) is 0 Å². The van der Waals surface area contributed by atoms with E-state index in [2.05, 4.69) is 11.1 Å². The van der Waals surface area contributed by atoms with Crippen molar-refractivity contribution >= 4 is 5.82 Å². The van der Waals surface area contributed by atoms with Gasteiger partial charge in [0.15, 0.2) is 0 Å². The van der Waals surface area contributed by atoms with Gasteiger partial charge in [-0.3, -0.25) is 0 Å². The van der Waals surface area contributed by atoms with Gasteiger partial charge in [-0.25, -0.2) is 4.98 Å². The predicted molar refractivity (Wildman–Crippen MR) is 54.6 cm³/mol. The summed E-state index contributed by atoms with van der Waals surface area (Å²) in [5.41, 5.74) is 7.32. The van der Waals surface area contributed by atoms with E-state index in [4.69, 9.17) is 11.0 Å². The van der Waals surface area contributed by atoms with E-state index in [1.165, 1.54) is 25.7 Å². The number of aromatic nitrogens is 1. The Balaban J connectivity index is 2.37. The second-order valence-corrected chi connectivity index (χ2v) is 3.79. The van der Waals surface area contributed by atoms with Crippen LogP contribution in [0.1, 0.15) is 42.7 Å². The second-order valence-electron chi connectivity index (χ2n) is 3.79. The van der Waals surface area contributed by atoms with Gasteiger partial charge < -0.3 is 5.73 Å². The van der Waals surface area contributed by atoms with Gasteiger partial charge in [-0.2, -0.15) is 5.26 Å². The predicted octanol–water partition coefficient (Wildman–Crippen LogP) is 2.19. The fraction of sp³-hybridized carbons (Fsp3) is 0.455. The molecular weight excluding hydrogens is 174 g/mol. The van der Waals surface area contributed by atoms with Crippen LogP contribution in [0.5, 0.6) is 0 Å². The van der Waals surface area contributed by atoms with E-state index in [-0.39, 0.29) is 0 Å². The van der Waals surface area contributed by atoms with Crippen molar-refractivity contribution in [3.05, 3.63) is 23.4 Å². The number of anilines is 1. The highest BCUT2D eigenvalue weighted by atomic mass is 14.8. The maximum Gasteiger partial charge on any atom is 0.124 e. The molecule has 3 heteroatoms. The van der Waals surface area contributed by atoms with Gasteiger partial charge in [0.2, 0.25) is 0 Å². The Labute approximate surface area is 83.6 Å². The van der Waals surface area contributed by atoms with Crippen LogP contribution >= 0.6 is 0 Å². The number of pyridine rings is 1. The molecule has 0 spiro atoms. The summed E-state index contributed by atoms with van der Waals surface area (Å²) in [4.78, 5) is 4.06. The molecule has 0 radical (unpaired) electrons. The summed E-state index contributed by atoms with van der Waals surface area (Å²) < 4.78 is 0. The molecule has 1 aliphatic carbocycles. The Morgan fingerprint density at radius 1 is 1.43 bits per heavy atom. The lowest BCUT2D eigenvalue weighted by molar-refractivity contribution is 0.717. The summed E-state index contributed by atoms with van der Waals surface area (Å²) >= 11 is 0. The van der Waals surface area contributed by atoms with Crippen molar-refractivity contribution in [3.8, 4) is 6.07 Å². The van der Waals surface area contributed by atoms with Crippen molar-refractivity contribution in [1.82, 2.24) is 4.98 Å². The Hall–Kier alpha value is -1.56. The van der Waals surface area contributed by atoms with E-state index in [1.54, 1.807) is 12.3 Å². The first kappa shape index (κ1) is 9.01. The van der Waals surface area contributed by atoms with Crippen LogP contribution in [0.4, 0.5) is 5.82 Å². The minimum atomic E-state index is 0.434. The van der Waals surface area contributed by atoms with Crippen LogP contribution in [-0.4, -0.2) is 4.98 Å². The molecule has 2 N–H and O–H groups in total. The highest BCUT2D eigenvalue weighted by Crippen LogP contribution is 2.35. The van der Waals surface area contributed by atoms with Gasteiger partial charge in [0.05, 0.1) is 11.6 Å². The van der Waals surface area contributed by atoms with Gasteiger partial charge in [0.1, 0.15) is 5.82 Å². The second kappa shape index (κ2) is 3.67. The van der Waals surface area contributed by atoms with Crippen LogP contribution in [0.15, 0.2) is 12.3 Å². The molecule has 0 aliphatic heterocycles. The Kier molecular flexibility index (Phi) is 2.36. The van der Waals surface area contributed by atoms with Crippen molar-refractivity contribution in [2.45, 2.75) is 31.6 Å². The standard InChI is InChI=1S/C11H13N3/c12-6-9-5-11(13)14-7-10(9)8-3-1-2-4-8/h5,7-8H,1-4H2,(H2,13,14). The molecule has 3 nitrogen and oxygen atoms in total. The molecule has 1 aliphatic rings. The first-order valence-corrected chi connectivity index (χ1v) is 4.97. The molecule has 0 atom stereocenters. The SMILES string of the molecule is N#Cc1cc(N)ncc1C1CCCC1. The van der Waals surface area contributed by atoms with Gasteiger partial charge >= 0.3 is 0 Å². The molecule has 14 heavy (non-hydrogen) atoms. The number of rotatable bonds is 1. The smallest absolute Gasteiger partial charge is 0.124 e. The van der Waals surface area contributed by atoms with Crippen LogP contribution < -0.4 is 5.73 Å². The average Bonchev–Trinajstić information content (AvgIpc) is 2.70. The maximum atomic E-state index is 8.97. The summed E-state index contributed by atoms with van der Waals surface area (Å²) in [6, 6.07) is 3.87. The fourth-order valence-corrected chi connectivity index (χ4v) is 2.14. The van der Waals surface area contributed by atoms with Crippen molar-refractivity contribution in [2.24, 2.45) is 0 Å². The lowest BCUT2D eigenvalue weighted by Gasteiger charge is -2.10. The molecule has 0 bridgehead atoms. The Morgan fingerprint density at radius 3 is 2.79 bits per heavy atom. The summed E-state index contributed by atoms with van der Waals surface area (Å²) in [6.45, 7) is 0. The minimum absolute atomic E-state index is 0.434. The Bertz CT molecular complexity index is 373. The highest BCUT2D eigenvalue weighted by Gasteiger charge is 2.20. The van der Waals surface area contributed by atoms with Gasteiger partial charge in [-0.05, 0) is 30.4 Å². The number of nitrogens with zero attached hydrogens (tertiary/aromatic N) is 2. The molecule has 72 valence electrons. The highest BCUT2D eigenvalue weighted by molar-refractivity contribution is 5.45. The molecular formula is C11H13N3. The van der Waals surface area contributed by atoms with E-state index in [0.29, 0.717) is 17.3 Å². The molecule has 0 aromatic carbocycles. The molecule has 0 amide bonds. The third-order valence-corrected chi connectivity index (χ3v) is 2.87. The van der Waals surface area contributed by atoms with Gasteiger partial charge in [0.25, 0.3) is 0 Å². The zero-order valence-corrected chi connectivity index (χ0v) is 8.03. The van der Waals surface area contributed by atoms with Crippen molar-refractivity contribution < 1.29 is 0 Å². The lowest BCUT2D eigenvalue weighted by atomic mass is 9.95. The zero-order valence-electron chi connectivity index (χ0n) is 8.03. The topological polar surface area (TPSA) is 62.7 Å². The van der Waals surface area contributed by atoms with Gasteiger partial charge in [-0.1, -0.05) is 12.8 Å². The Morgan fingerprint density at radius 2 is 2.14 bits per heavy atom. The summed E-state index contributed by atoms with van der Waals surface area (Å²) in [5, 5.41) is 8.97. The largest absolute Gasteiger partial charge is 0.384 e. The number of nitriles is 1. The monoisotopic (exact) mass is 187 g/mol. The van der Waals surface area contributed by atoms with Crippen LogP contribution in [-0.2, 0) is 0 Å². The molecule has 1 heterocycles. The molecule has 0 unspecified atom stereocenters.